The number of hydrogen-bond donors (Lipinski definition) is 1. The molecule has 1 aliphatic rings. The second-order valence-electron chi connectivity index (χ2n) is 7.58. The van der Waals surface area contributed by atoms with Crippen LogP contribution in [0, 0.1) is 12.7 Å². The zero-order valence-electron chi connectivity index (χ0n) is 19.1. The van der Waals surface area contributed by atoms with Crippen molar-refractivity contribution in [3.63, 3.8) is 0 Å². The lowest BCUT2D eigenvalue weighted by Crippen LogP contribution is -2.29. The number of esters is 1. The molecule has 1 saturated heterocycles. The van der Waals surface area contributed by atoms with Gasteiger partial charge in [-0.05, 0) is 55.8 Å². The van der Waals surface area contributed by atoms with E-state index in [0.29, 0.717) is 23.6 Å². The molecule has 0 saturated carbocycles. The SMILES string of the molecule is CCOc1ccc([C@@H]2/C(=C(\O)c3ccc(F)cc3)C(=O)C(=O)N2c2nc(C)c(C(=O)OC)s2)cc1. The Balaban J connectivity index is 1.90. The molecule has 0 aliphatic carbocycles. The molecule has 1 aliphatic heterocycles. The lowest BCUT2D eigenvalue weighted by Gasteiger charge is -2.23. The van der Waals surface area contributed by atoms with E-state index in [9.17, 15) is 23.9 Å². The van der Waals surface area contributed by atoms with Gasteiger partial charge in [-0.2, -0.15) is 0 Å². The van der Waals surface area contributed by atoms with E-state index >= 15 is 0 Å². The first kappa shape index (κ1) is 24.1. The molecule has 10 heteroatoms. The van der Waals surface area contributed by atoms with E-state index < -0.39 is 35.3 Å². The molecule has 1 N–H and O–H groups in total. The summed E-state index contributed by atoms with van der Waals surface area (Å²) in [4.78, 5) is 44.2. The van der Waals surface area contributed by atoms with Crippen LogP contribution in [-0.2, 0) is 14.3 Å². The predicted octanol–water partition coefficient (Wildman–Crippen LogP) is 4.40. The molecule has 180 valence electrons. The number of aryl methyl sites for hydroxylation is 1. The number of aliphatic hydroxyl groups excluding tert-OH is 1. The van der Waals surface area contributed by atoms with E-state index in [1.807, 2.05) is 6.92 Å². The van der Waals surface area contributed by atoms with E-state index in [1.165, 1.54) is 19.2 Å². The van der Waals surface area contributed by atoms with Crippen molar-refractivity contribution in [2.45, 2.75) is 19.9 Å². The largest absolute Gasteiger partial charge is 0.507 e. The van der Waals surface area contributed by atoms with Gasteiger partial charge in [-0.1, -0.05) is 23.5 Å². The van der Waals surface area contributed by atoms with Gasteiger partial charge in [0.1, 0.15) is 22.2 Å². The minimum atomic E-state index is -1.05. The molecular weight excluding hydrogens is 475 g/mol. The number of methoxy groups -OCH3 is 1. The number of rotatable bonds is 6. The Morgan fingerprint density at radius 3 is 2.40 bits per heavy atom. The average molecular weight is 497 g/mol. The molecule has 1 atom stereocenters. The number of thiazole rings is 1. The number of amides is 1. The fourth-order valence-electron chi connectivity index (χ4n) is 3.79. The third kappa shape index (κ3) is 4.40. The monoisotopic (exact) mass is 496 g/mol. The Labute approximate surface area is 204 Å². The number of nitrogens with zero attached hydrogens (tertiary/aromatic N) is 2. The first-order valence-corrected chi connectivity index (χ1v) is 11.4. The van der Waals surface area contributed by atoms with Crippen molar-refractivity contribution < 1.29 is 33.4 Å². The summed E-state index contributed by atoms with van der Waals surface area (Å²) < 4.78 is 23.7. The number of aliphatic hydroxyl groups is 1. The van der Waals surface area contributed by atoms with Crippen molar-refractivity contribution in [2.24, 2.45) is 0 Å². The third-order valence-corrected chi connectivity index (χ3v) is 6.57. The summed E-state index contributed by atoms with van der Waals surface area (Å²) in [6.45, 7) is 3.89. The molecular formula is C25H21FN2O6S. The molecule has 2 heterocycles. The lowest BCUT2D eigenvalue weighted by atomic mass is 9.95. The molecule has 1 aromatic heterocycles. The van der Waals surface area contributed by atoms with Crippen LogP contribution >= 0.6 is 11.3 Å². The van der Waals surface area contributed by atoms with Gasteiger partial charge >= 0.3 is 11.9 Å². The summed E-state index contributed by atoms with van der Waals surface area (Å²) in [7, 11) is 1.23. The molecule has 4 rings (SSSR count). The zero-order valence-corrected chi connectivity index (χ0v) is 19.9. The quantitative estimate of drug-likeness (QED) is 0.233. The number of ketones is 1. The van der Waals surface area contributed by atoms with Gasteiger partial charge in [0.05, 0.1) is 31.0 Å². The number of ether oxygens (including phenoxy) is 2. The highest BCUT2D eigenvalue weighted by Crippen LogP contribution is 2.44. The highest BCUT2D eigenvalue weighted by molar-refractivity contribution is 7.17. The van der Waals surface area contributed by atoms with Crippen molar-refractivity contribution in [1.29, 1.82) is 0 Å². The Morgan fingerprint density at radius 2 is 1.80 bits per heavy atom. The maximum atomic E-state index is 13.4. The first-order valence-electron chi connectivity index (χ1n) is 10.6. The smallest absolute Gasteiger partial charge is 0.350 e. The van der Waals surface area contributed by atoms with Gasteiger partial charge in [-0.15, -0.1) is 0 Å². The van der Waals surface area contributed by atoms with Crippen LogP contribution in [0.2, 0.25) is 0 Å². The molecule has 0 radical (unpaired) electrons. The van der Waals surface area contributed by atoms with Crippen LogP contribution in [-0.4, -0.2) is 41.5 Å². The number of carbonyl (C=O) groups is 3. The Bertz CT molecular complexity index is 1330. The van der Waals surface area contributed by atoms with Crippen LogP contribution in [0.15, 0.2) is 54.1 Å². The summed E-state index contributed by atoms with van der Waals surface area (Å²) in [5.41, 5.74) is 0.829. The summed E-state index contributed by atoms with van der Waals surface area (Å²) >= 11 is 0.905. The number of Topliss-reactive ketones (excluding diaryl/α,β-unsaturated/α-hetero) is 1. The van der Waals surface area contributed by atoms with E-state index in [1.54, 1.807) is 31.2 Å². The third-order valence-electron chi connectivity index (χ3n) is 5.43. The van der Waals surface area contributed by atoms with Gasteiger partial charge in [-0.3, -0.25) is 14.5 Å². The summed E-state index contributed by atoms with van der Waals surface area (Å²) in [6, 6.07) is 10.6. The predicted molar refractivity (Wildman–Crippen MR) is 127 cm³/mol. The van der Waals surface area contributed by atoms with Crippen molar-refractivity contribution in [3.8, 4) is 5.75 Å². The van der Waals surface area contributed by atoms with E-state index in [0.717, 1.165) is 28.4 Å². The van der Waals surface area contributed by atoms with Gasteiger partial charge in [0.15, 0.2) is 5.13 Å². The average Bonchev–Trinajstić information content (AvgIpc) is 3.36. The maximum absolute atomic E-state index is 13.4. The van der Waals surface area contributed by atoms with Crippen molar-refractivity contribution in [2.75, 3.05) is 18.6 Å². The van der Waals surface area contributed by atoms with Crippen LogP contribution in [0.3, 0.4) is 0 Å². The number of hydrogen-bond acceptors (Lipinski definition) is 8. The van der Waals surface area contributed by atoms with E-state index in [-0.39, 0.29) is 21.1 Å². The molecule has 35 heavy (non-hydrogen) atoms. The molecule has 1 fully saturated rings. The highest BCUT2D eigenvalue weighted by atomic mass is 32.1. The fraction of sp³-hybridized carbons (Fsp3) is 0.200. The molecule has 0 bridgehead atoms. The van der Waals surface area contributed by atoms with Crippen molar-refractivity contribution in [3.05, 3.63) is 81.6 Å². The molecule has 0 spiro atoms. The number of aromatic nitrogens is 1. The normalized spacial score (nSPS) is 17.0. The van der Waals surface area contributed by atoms with E-state index in [2.05, 4.69) is 4.98 Å². The summed E-state index contributed by atoms with van der Waals surface area (Å²) in [5.74, 6) is -2.85. The molecule has 0 unspecified atom stereocenters. The van der Waals surface area contributed by atoms with Gasteiger partial charge in [0, 0.05) is 5.56 Å². The summed E-state index contributed by atoms with van der Waals surface area (Å²) in [6.07, 6.45) is 0. The maximum Gasteiger partial charge on any atom is 0.350 e. The van der Waals surface area contributed by atoms with Crippen LogP contribution in [0.1, 0.15) is 39.5 Å². The Kier molecular flexibility index (Phi) is 6.65. The highest BCUT2D eigenvalue weighted by Gasteiger charge is 2.48. The van der Waals surface area contributed by atoms with Crippen molar-refractivity contribution in [1.82, 2.24) is 4.98 Å². The van der Waals surface area contributed by atoms with Crippen LogP contribution in [0.5, 0.6) is 5.75 Å². The van der Waals surface area contributed by atoms with Gasteiger partial charge in [-0.25, -0.2) is 14.2 Å². The number of anilines is 1. The first-order chi connectivity index (χ1) is 16.8. The van der Waals surface area contributed by atoms with Crippen LogP contribution in [0.25, 0.3) is 5.76 Å². The second-order valence-corrected chi connectivity index (χ2v) is 8.56. The van der Waals surface area contributed by atoms with Gasteiger partial charge in [0.2, 0.25) is 0 Å². The minimum Gasteiger partial charge on any atom is -0.507 e. The Morgan fingerprint density at radius 1 is 1.14 bits per heavy atom. The Hall–Kier alpha value is -4.05. The van der Waals surface area contributed by atoms with Crippen LogP contribution < -0.4 is 9.64 Å². The van der Waals surface area contributed by atoms with Crippen molar-refractivity contribution >= 4 is 39.9 Å². The number of halogens is 1. The topological polar surface area (TPSA) is 106 Å². The summed E-state index contributed by atoms with van der Waals surface area (Å²) in [5, 5.41) is 11.2. The number of carbonyl (C=O) groups excluding carboxylic acids is 3. The van der Waals surface area contributed by atoms with Crippen LogP contribution in [0.4, 0.5) is 9.52 Å². The molecule has 1 amide bonds. The lowest BCUT2D eigenvalue weighted by molar-refractivity contribution is -0.132. The molecule has 2 aromatic carbocycles. The number of benzene rings is 2. The van der Waals surface area contributed by atoms with Gasteiger partial charge < -0.3 is 14.6 Å². The fourth-order valence-corrected chi connectivity index (χ4v) is 4.80. The second kappa shape index (κ2) is 9.67. The molecule has 8 nitrogen and oxygen atoms in total. The van der Waals surface area contributed by atoms with E-state index in [4.69, 9.17) is 9.47 Å². The van der Waals surface area contributed by atoms with Gasteiger partial charge in [0.25, 0.3) is 5.78 Å². The zero-order chi connectivity index (χ0) is 25.3. The molecule has 3 aromatic rings. The standard InChI is InChI=1S/C25H21FN2O6S/c1-4-34-17-11-7-14(8-12-17)19-18(20(29)15-5-9-16(26)10-6-15)21(30)23(31)28(19)25-27-13(2)22(35-25)24(32)33-3/h5-12,19,29H,4H2,1-3H3/b20-18+/t19-/m1/s1. The minimum absolute atomic E-state index is 0.0991.